The van der Waals surface area contributed by atoms with Crippen LogP contribution < -0.4 is 5.32 Å². The highest BCUT2D eigenvalue weighted by atomic mass is 35.5. The monoisotopic (exact) mass is 361 g/mol. The molecule has 0 atom stereocenters. The van der Waals surface area contributed by atoms with Crippen LogP contribution >= 0.6 is 23.2 Å². The number of benzene rings is 2. The van der Waals surface area contributed by atoms with Gasteiger partial charge >= 0.3 is 6.18 Å². The molecule has 0 bridgehead atoms. The highest BCUT2D eigenvalue weighted by Gasteiger charge is 2.33. The molecule has 2 aromatic carbocycles. The van der Waals surface area contributed by atoms with Gasteiger partial charge in [0.25, 0.3) is 0 Å². The number of aryl methyl sites for hydroxylation is 1. The van der Waals surface area contributed by atoms with Gasteiger partial charge in [-0.25, -0.2) is 0 Å². The Hall–Kier alpha value is -1.72. The van der Waals surface area contributed by atoms with Crippen LogP contribution in [-0.2, 0) is 17.4 Å². The van der Waals surface area contributed by atoms with Crippen LogP contribution in [0.3, 0.4) is 0 Å². The van der Waals surface area contributed by atoms with E-state index in [-0.39, 0.29) is 18.0 Å². The summed E-state index contributed by atoms with van der Waals surface area (Å²) in [6, 6.07) is 10.3. The molecule has 0 aromatic heterocycles. The zero-order chi connectivity index (χ0) is 17.0. The third-order valence-electron chi connectivity index (χ3n) is 3.11. The summed E-state index contributed by atoms with van der Waals surface area (Å²) >= 11 is 11.3. The average molecular weight is 362 g/mol. The Labute approximate surface area is 141 Å². The molecule has 0 saturated heterocycles. The first-order valence-corrected chi connectivity index (χ1v) is 7.42. The number of rotatable bonds is 4. The van der Waals surface area contributed by atoms with Crippen molar-refractivity contribution in [1.82, 2.24) is 0 Å². The molecule has 0 aliphatic heterocycles. The van der Waals surface area contributed by atoms with Crippen molar-refractivity contribution in [3.8, 4) is 0 Å². The van der Waals surface area contributed by atoms with Gasteiger partial charge in [0, 0.05) is 17.1 Å². The molecule has 0 fully saturated rings. The van der Waals surface area contributed by atoms with E-state index in [1.54, 1.807) is 24.3 Å². The maximum absolute atomic E-state index is 12.8. The van der Waals surface area contributed by atoms with Crippen molar-refractivity contribution >= 4 is 34.8 Å². The Morgan fingerprint density at radius 3 is 2.30 bits per heavy atom. The standard InChI is InChI=1S/C16H12Cl2F3NO/c17-11-4-1-10(2-5-11)3-8-15(23)22-12-6-7-14(18)13(9-12)16(19,20)21/h1-2,4-7,9H,3,8H2,(H,22,23). The van der Waals surface area contributed by atoms with Crippen molar-refractivity contribution < 1.29 is 18.0 Å². The zero-order valence-electron chi connectivity index (χ0n) is 11.8. The summed E-state index contributed by atoms with van der Waals surface area (Å²) < 4.78 is 38.3. The number of anilines is 1. The summed E-state index contributed by atoms with van der Waals surface area (Å²) in [5.41, 5.74) is -0.00543. The maximum Gasteiger partial charge on any atom is 0.417 e. The second-order valence-electron chi connectivity index (χ2n) is 4.87. The number of carbonyl (C=O) groups excluding carboxylic acids is 1. The number of hydrogen-bond acceptors (Lipinski definition) is 1. The van der Waals surface area contributed by atoms with Crippen molar-refractivity contribution in [2.75, 3.05) is 5.32 Å². The second-order valence-corrected chi connectivity index (χ2v) is 5.71. The lowest BCUT2D eigenvalue weighted by Crippen LogP contribution is -2.13. The molecule has 0 spiro atoms. The van der Waals surface area contributed by atoms with Gasteiger partial charge < -0.3 is 5.32 Å². The van der Waals surface area contributed by atoms with Crippen molar-refractivity contribution in [2.45, 2.75) is 19.0 Å². The molecule has 0 radical (unpaired) electrons. The lowest BCUT2D eigenvalue weighted by molar-refractivity contribution is -0.137. The van der Waals surface area contributed by atoms with Gasteiger partial charge in [-0.1, -0.05) is 35.3 Å². The predicted octanol–water partition coefficient (Wildman–Crippen LogP) is 5.58. The van der Waals surface area contributed by atoms with Crippen molar-refractivity contribution in [3.63, 3.8) is 0 Å². The number of amides is 1. The fourth-order valence-electron chi connectivity index (χ4n) is 1.95. The van der Waals surface area contributed by atoms with Crippen molar-refractivity contribution in [2.24, 2.45) is 0 Å². The van der Waals surface area contributed by atoms with Crippen LogP contribution in [0.15, 0.2) is 42.5 Å². The van der Waals surface area contributed by atoms with Crippen LogP contribution in [0, 0.1) is 0 Å². The Balaban J connectivity index is 1.99. The van der Waals surface area contributed by atoms with Crippen LogP contribution in [0.2, 0.25) is 10.0 Å². The van der Waals surface area contributed by atoms with E-state index in [9.17, 15) is 18.0 Å². The SMILES string of the molecule is O=C(CCc1ccc(Cl)cc1)Nc1ccc(Cl)c(C(F)(F)F)c1. The van der Waals surface area contributed by atoms with Crippen LogP contribution in [0.4, 0.5) is 18.9 Å². The third-order valence-corrected chi connectivity index (χ3v) is 3.69. The van der Waals surface area contributed by atoms with Gasteiger partial charge in [0.2, 0.25) is 5.91 Å². The molecule has 0 aliphatic rings. The largest absolute Gasteiger partial charge is 0.417 e. The summed E-state index contributed by atoms with van der Waals surface area (Å²) in [6.45, 7) is 0. The summed E-state index contributed by atoms with van der Waals surface area (Å²) in [5, 5.41) is 2.63. The molecular formula is C16H12Cl2F3NO. The Morgan fingerprint density at radius 2 is 1.70 bits per heavy atom. The molecule has 122 valence electrons. The number of nitrogens with one attached hydrogen (secondary N) is 1. The van der Waals surface area contributed by atoms with Gasteiger partial charge in [-0.2, -0.15) is 13.2 Å². The smallest absolute Gasteiger partial charge is 0.326 e. The third kappa shape index (κ3) is 5.15. The minimum absolute atomic E-state index is 0.0582. The van der Waals surface area contributed by atoms with Gasteiger partial charge in [-0.05, 0) is 42.3 Å². The summed E-state index contributed by atoms with van der Waals surface area (Å²) in [7, 11) is 0. The predicted molar refractivity (Wildman–Crippen MR) is 84.9 cm³/mol. The minimum Gasteiger partial charge on any atom is -0.326 e. The molecule has 0 saturated carbocycles. The minimum atomic E-state index is -4.57. The Morgan fingerprint density at radius 1 is 1.04 bits per heavy atom. The second kappa shape index (κ2) is 7.23. The molecular weight excluding hydrogens is 350 g/mol. The summed E-state index contributed by atoms with van der Waals surface area (Å²) in [6.07, 6.45) is -3.96. The van der Waals surface area contributed by atoms with E-state index in [1.165, 1.54) is 6.07 Å². The number of halogens is 5. The first-order chi connectivity index (χ1) is 10.8. The topological polar surface area (TPSA) is 29.1 Å². The molecule has 0 aliphatic carbocycles. The first-order valence-electron chi connectivity index (χ1n) is 6.67. The fourth-order valence-corrected chi connectivity index (χ4v) is 2.30. The van der Waals surface area contributed by atoms with Crippen molar-refractivity contribution in [3.05, 3.63) is 63.6 Å². The van der Waals surface area contributed by atoms with Crippen LogP contribution in [0.25, 0.3) is 0 Å². The molecule has 2 aromatic rings. The van der Waals surface area contributed by atoms with Gasteiger partial charge in [0.05, 0.1) is 10.6 Å². The Bertz CT molecular complexity index is 699. The highest BCUT2D eigenvalue weighted by molar-refractivity contribution is 6.31. The van der Waals surface area contributed by atoms with Gasteiger partial charge in [0.15, 0.2) is 0 Å². The van der Waals surface area contributed by atoms with Crippen LogP contribution in [-0.4, -0.2) is 5.91 Å². The lowest BCUT2D eigenvalue weighted by atomic mass is 10.1. The molecule has 2 nitrogen and oxygen atoms in total. The van der Waals surface area contributed by atoms with E-state index in [4.69, 9.17) is 23.2 Å². The lowest BCUT2D eigenvalue weighted by Gasteiger charge is -2.11. The number of carbonyl (C=O) groups is 1. The van der Waals surface area contributed by atoms with E-state index in [0.717, 1.165) is 17.7 Å². The van der Waals surface area contributed by atoms with Crippen LogP contribution in [0.5, 0.6) is 0 Å². The molecule has 0 unspecified atom stereocenters. The quantitative estimate of drug-likeness (QED) is 0.756. The summed E-state index contributed by atoms with van der Waals surface area (Å²) in [5.74, 6) is -0.379. The molecule has 1 N–H and O–H groups in total. The van der Waals surface area contributed by atoms with Crippen LogP contribution in [0.1, 0.15) is 17.5 Å². The number of alkyl halides is 3. The molecule has 7 heteroatoms. The Kier molecular flexibility index (Phi) is 5.55. The van der Waals surface area contributed by atoms with Gasteiger partial charge in [-0.3, -0.25) is 4.79 Å². The molecule has 23 heavy (non-hydrogen) atoms. The summed E-state index contributed by atoms with van der Waals surface area (Å²) in [4.78, 5) is 11.8. The van der Waals surface area contributed by atoms with Gasteiger partial charge in [-0.15, -0.1) is 0 Å². The maximum atomic E-state index is 12.8. The first kappa shape index (κ1) is 17.6. The zero-order valence-corrected chi connectivity index (χ0v) is 13.3. The highest BCUT2D eigenvalue weighted by Crippen LogP contribution is 2.36. The van der Waals surface area contributed by atoms with E-state index >= 15 is 0 Å². The fraction of sp³-hybridized carbons (Fsp3) is 0.188. The molecule has 2 rings (SSSR count). The van der Waals surface area contributed by atoms with E-state index < -0.39 is 16.8 Å². The average Bonchev–Trinajstić information content (AvgIpc) is 2.47. The molecule has 0 heterocycles. The van der Waals surface area contributed by atoms with E-state index in [2.05, 4.69) is 5.32 Å². The normalized spacial score (nSPS) is 11.3. The van der Waals surface area contributed by atoms with Gasteiger partial charge in [0.1, 0.15) is 0 Å². The van der Waals surface area contributed by atoms with E-state index in [0.29, 0.717) is 11.4 Å². The van der Waals surface area contributed by atoms with Crippen molar-refractivity contribution in [1.29, 1.82) is 0 Å². The number of hydrogen-bond donors (Lipinski definition) is 1. The molecule has 1 amide bonds. The van der Waals surface area contributed by atoms with E-state index in [1.807, 2.05) is 0 Å².